The molecule has 0 spiro atoms. The van der Waals surface area contributed by atoms with E-state index in [1.165, 1.54) is 0 Å². The van der Waals surface area contributed by atoms with E-state index in [9.17, 15) is 4.79 Å². The highest BCUT2D eigenvalue weighted by Gasteiger charge is 2.10. The summed E-state index contributed by atoms with van der Waals surface area (Å²) in [7, 11) is 5.06. The molecule has 6 heteroatoms. The lowest BCUT2D eigenvalue weighted by molar-refractivity contribution is 0.0950. The van der Waals surface area contributed by atoms with E-state index in [4.69, 9.17) is 9.47 Å². The molecule has 24 heavy (non-hydrogen) atoms. The summed E-state index contributed by atoms with van der Waals surface area (Å²) in [5.74, 6) is 0.970. The Hall–Kier alpha value is -3.02. The van der Waals surface area contributed by atoms with Gasteiger partial charge in [-0.05, 0) is 29.8 Å². The molecule has 0 saturated heterocycles. The van der Waals surface area contributed by atoms with E-state index in [1.807, 2.05) is 29.8 Å². The fraction of sp³-hybridized carbons (Fsp3) is 0.222. The van der Waals surface area contributed by atoms with Crippen LogP contribution in [0.5, 0.6) is 11.5 Å². The van der Waals surface area contributed by atoms with Crippen molar-refractivity contribution in [2.24, 2.45) is 7.05 Å². The number of ether oxygens (including phenoxy) is 2. The number of nitrogens with one attached hydrogen (secondary N) is 1. The second-order valence-electron chi connectivity index (χ2n) is 5.46. The SMILES string of the molecule is COc1cc(OC)cc(C(=O)NCc2ccc3c(c2)ncn3C)c1. The lowest BCUT2D eigenvalue weighted by atomic mass is 10.1. The standard InChI is InChI=1S/C18H19N3O3/c1-21-11-20-16-6-12(4-5-17(16)21)10-19-18(22)13-7-14(23-2)9-15(8-13)24-3/h4-9,11H,10H2,1-3H3,(H,19,22). The quantitative estimate of drug-likeness (QED) is 0.783. The predicted octanol–water partition coefficient (Wildman–Crippen LogP) is 2.52. The van der Waals surface area contributed by atoms with Gasteiger partial charge in [0.25, 0.3) is 5.91 Å². The van der Waals surface area contributed by atoms with Crippen molar-refractivity contribution in [3.05, 3.63) is 53.9 Å². The zero-order valence-corrected chi connectivity index (χ0v) is 13.9. The number of fused-ring (bicyclic) bond motifs is 1. The summed E-state index contributed by atoms with van der Waals surface area (Å²) >= 11 is 0. The summed E-state index contributed by atoms with van der Waals surface area (Å²) in [4.78, 5) is 16.7. The average Bonchev–Trinajstić information content (AvgIpc) is 2.99. The third kappa shape index (κ3) is 3.17. The molecular formula is C18H19N3O3. The minimum Gasteiger partial charge on any atom is -0.497 e. The molecule has 1 N–H and O–H groups in total. The van der Waals surface area contributed by atoms with Crippen LogP contribution >= 0.6 is 0 Å². The fourth-order valence-electron chi connectivity index (χ4n) is 2.51. The molecule has 0 fully saturated rings. The van der Waals surface area contributed by atoms with Gasteiger partial charge >= 0.3 is 0 Å². The minimum absolute atomic E-state index is 0.187. The summed E-state index contributed by atoms with van der Waals surface area (Å²) in [6.45, 7) is 0.422. The number of carbonyl (C=O) groups excluding carboxylic acids is 1. The molecule has 0 aliphatic rings. The van der Waals surface area contributed by atoms with Gasteiger partial charge in [-0.15, -0.1) is 0 Å². The molecule has 124 valence electrons. The molecule has 6 nitrogen and oxygen atoms in total. The van der Waals surface area contributed by atoms with Crippen LogP contribution in [0.2, 0.25) is 0 Å². The third-order valence-corrected chi connectivity index (χ3v) is 3.86. The topological polar surface area (TPSA) is 65.4 Å². The van der Waals surface area contributed by atoms with Crippen molar-refractivity contribution in [3.8, 4) is 11.5 Å². The maximum Gasteiger partial charge on any atom is 0.251 e. The van der Waals surface area contributed by atoms with Gasteiger partial charge < -0.3 is 19.4 Å². The maximum atomic E-state index is 12.4. The Morgan fingerprint density at radius 3 is 2.50 bits per heavy atom. The lowest BCUT2D eigenvalue weighted by Crippen LogP contribution is -2.22. The summed E-state index contributed by atoms with van der Waals surface area (Å²) in [5, 5.41) is 2.90. The number of nitrogens with zero attached hydrogens (tertiary/aromatic N) is 2. The van der Waals surface area contributed by atoms with Crippen molar-refractivity contribution in [1.29, 1.82) is 0 Å². The van der Waals surface area contributed by atoms with E-state index in [2.05, 4.69) is 10.3 Å². The Kier molecular flexibility index (Phi) is 4.37. The van der Waals surface area contributed by atoms with Gasteiger partial charge in [0.1, 0.15) is 11.5 Å². The zero-order chi connectivity index (χ0) is 17.1. The van der Waals surface area contributed by atoms with E-state index in [0.717, 1.165) is 16.6 Å². The number of hydrogen-bond acceptors (Lipinski definition) is 4. The second kappa shape index (κ2) is 6.62. The number of carbonyl (C=O) groups is 1. The van der Waals surface area contributed by atoms with Crippen molar-refractivity contribution in [2.75, 3.05) is 14.2 Å². The first kappa shape index (κ1) is 15.9. The Balaban J connectivity index is 1.74. The summed E-state index contributed by atoms with van der Waals surface area (Å²) in [6.07, 6.45) is 1.77. The highest BCUT2D eigenvalue weighted by Crippen LogP contribution is 2.22. The van der Waals surface area contributed by atoms with Crippen LogP contribution < -0.4 is 14.8 Å². The number of amides is 1. The van der Waals surface area contributed by atoms with Gasteiger partial charge in [-0.2, -0.15) is 0 Å². The van der Waals surface area contributed by atoms with E-state index in [1.54, 1.807) is 38.7 Å². The van der Waals surface area contributed by atoms with Crippen molar-refractivity contribution in [1.82, 2.24) is 14.9 Å². The second-order valence-corrected chi connectivity index (χ2v) is 5.46. The molecule has 1 amide bonds. The van der Waals surface area contributed by atoms with E-state index in [0.29, 0.717) is 23.6 Å². The Morgan fingerprint density at radius 2 is 1.83 bits per heavy atom. The Morgan fingerprint density at radius 1 is 1.12 bits per heavy atom. The number of aromatic nitrogens is 2. The van der Waals surface area contributed by atoms with Crippen molar-refractivity contribution in [2.45, 2.75) is 6.54 Å². The van der Waals surface area contributed by atoms with Crippen LogP contribution in [0.4, 0.5) is 0 Å². The first-order valence-corrected chi connectivity index (χ1v) is 7.52. The van der Waals surface area contributed by atoms with Crippen molar-refractivity contribution in [3.63, 3.8) is 0 Å². The number of imidazole rings is 1. The van der Waals surface area contributed by atoms with Crippen LogP contribution in [0.1, 0.15) is 15.9 Å². The average molecular weight is 325 g/mol. The number of methoxy groups -OCH3 is 2. The Labute approximate surface area is 140 Å². The summed E-state index contributed by atoms with van der Waals surface area (Å²) in [5.41, 5.74) is 3.45. The number of rotatable bonds is 5. The van der Waals surface area contributed by atoms with Crippen molar-refractivity contribution >= 4 is 16.9 Å². The lowest BCUT2D eigenvalue weighted by Gasteiger charge is -2.09. The van der Waals surface area contributed by atoms with Crippen LogP contribution in [0.15, 0.2) is 42.7 Å². The first-order valence-electron chi connectivity index (χ1n) is 7.52. The van der Waals surface area contributed by atoms with Gasteiger partial charge in [0.2, 0.25) is 0 Å². The van der Waals surface area contributed by atoms with Gasteiger partial charge in [-0.1, -0.05) is 6.07 Å². The molecule has 0 saturated carbocycles. The molecule has 0 aliphatic carbocycles. The van der Waals surface area contributed by atoms with Crippen molar-refractivity contribution < 1.29 is 14.3 Å². The third-order valence-electron chi connectivity index (χ3n) is 3.86. The molecule has 0 atom stereocenters. The molecular weight excluding hydrogens is 306 g/mol. The molecule has 0 bridgehead atoms. The van der Waals surface area contributed by atoms with E-state index < -0.39 is 0 Å². The largest absolute Gasteiger partial charge is 0.497 e. The highest BCUT2D eigenvalue weighted by molar-refractivity contribution is 5.95. The van der Waals surface area contributed by atoms with E-state index >= 15 is 0 Å². The zero-order valence-electron chi connectivity index (χ0n) is 13.9. The smallest absolute Gasteiger partial charge is 0.251 e. The van der Waals surface area contributed by atoms with Gasteiger partial charge in [-0.25, -0.2) is 4.98 Å². The molecule has 0 radical (unpaired) electrons. The first-order chi connectivity index (χ1) is 11.6. The number of aryl methyl sites for hydroxylation is 1. The summed E-state index contributed by atoms with van der Waals surface area (Å²) in [6, 6.07) is 11.0. The van der Waals surface area contributed by atoms with Crippen LogP contribution in [0, 0.1) is 0 Å². The molecule has 0 aliphatic heterocycles. The maximum absolute atomic E-state index is 12.4. The van der Waals surface area contributed by atoms with Gasteiger partial charge in [0.15, 0.2) is 0 Å². The molecule has 2 aromatic carbocycles. The van der Waals surface area contributed by atoms with Crippen LogP contribution in [-0.2, 0) is 13.6 Å². The minimum atomic E-state index is -0.187. The van der Waals surface area contributed by atoms with E-state index in [-0.39, 0.29) is 5.91 Å². The molecule has 3 aromatic rings. The predicted molar refractivity (Wildman–Crippen MR) is 91.4 cm³/mol. The van der Waals surface area contributed by atoms with Gasteiger partial charge in [-0.3, -0.25) is 4.79 Å². The monoisotopic (exact) mass is 325 g/mol. The number of benzene rings is 2. The van der Waals surface area contributed by atoms with Crippen LogP contribution in [0.25, 0.3) is 11.0 Å². The normalized spacial score (nSPS) is 10.6. The molecule has 1 aromatic heterocycles. The van der Waals surface area contributed by atoms with Crippen LogP contribution in [-0.4, -0.2) is 29.7 Å². The number of hydrogen-bond donors (Lipinski definition) is 1. The Bertz CT molecular complexity index is 864. The molecule has 0 unspecified atom stereocenters. The van der Waals surface area contributed by atoms with Crippen LogP contribution in [0.3, 0.4) is 0 Å². The van der Waals surface area contributed by atoms with Gasteiger partial charge in [0, 0.05) is 25.2 Å². The molecule has 3 rings (SSSR count). The summed E-state index contributed by atoms with van der Waals surface area (Å²) < 4.78 is 12.3. The fourth-order valence-corrected chi connectivity index (χ4v) is 2.51. The molecule has 1 heterocycles. The van der Waals surface area contributed by atoms with Gasteiger partial charge in [0.05, 0.1) is 31.6 Å². The highest BCUT2D eigenvalue weighted by atomic mass is 16.5.